The quantitative estimate of drug-likeness (QED) is 0.316. The van der Waals surface area contributed by atoms with Gasteiger partial charge in [-0.3, -0.25) is 10.1 Å². The van der Waals surface area contributed by atoms with Crippen LogP contribution in [-0.2, 0) is 20.0 Å². The van der Waals surface area contributed by atoms with E-state index in [1.165, 1.54) is 36.4 Å². The van der Waals surface area contributed by atoms with Crippen LogP contribution in [-0.4, -0.2) is 34.8 Å². The Morgan fingerprint density at radius 2 is 1.32 bits per heavy atom. The average Bonchev–Trinajstić information content (AvgIpc) is 3.00. The van der Waals surface area contributed by atoms with Crippen LogP contribution in [0.5, 0.6) is 0 Å². The third-order valence-corrected chi connectivity index (χ3v) is 11.1. The van der Waals surface area contributed by atoms with Gasteiger partial charge in [-0.05, 0) is 44.2 Å². The summed E-state index contributed by atoms with van der Waals surface area (Å²) in [6.07, 6.45) is 0.193. The number of anilines is 1. The first-order valence-electron chi connectivity index (χ1n) is 10.6. The molecule has 1 heterocycles. The Kier molecular flexibility index (Phi) is 5.96. The van der Waals surface area contributed by atoms with Gasteiger partial charge in [-0.2, -0.15) is 16.8 Å². The van der Waals surface area contributed by atoms with Crippen molar-refractivity contribution in [3.05, 3.63) is 88.0 Å². The highest BCUT2D eigenvalue weighted by atomic mass is 32.3. The molecule has 1 N–H and O–H groups in total. The number of hydrogen-bond donors (Lipinski definition) is 1. The highest BCUT2D eigenvalue weighted by molar-refractivity contribution is 8.07. The number of benzene rings is 3. The lowest BCUT2D eigenvalue weighted by molar-refractivity contribution is -0.384. The summed E-state index contributed by atoms with van der Waals surface area (Å²) in [7, 11) is -9.30. The van der Waals surface area contributed by atoms with Crippen molar-refractivity contribution in [3.63, 3.8) is 0 Å². The van der Waals surface area contributed by atoms with E-state index in [1.807, 2.05) is 0 Å². The first-order valence-corrected chi connectivity index (χ1v) is 13.4. The zero-order valence-corrected chi connectivity index (χ0v) is 20.3. The van der Waals surface area contributed by atoms with Gasteiger partial charge >= 0.3 is 20.0 Å². The molecule has 34 heavy (non-hydrogen) atoms. The minimum Gasteiger partial charge on any atom is -0.380 e. The van der Waals surface area contributed by atoms with E-state index in [0.29, 0.717) is 6.54 Å². The molecule has 0 saturated heterocycles. The predicted octanol–water partition coefficient (Wildman–Crippen LogP) is 4.11. The Morgan fingerprint density at radius 3 is 1.79 bits per heavy atom. The summed E-state index contributed by atoms with van der Waals surface area (Å²) in [6, 6.07) is 15.5. The summed E-state index contributed by atoms with van der Waals surface area (Å²) in [5.74, 6) is 0. The van der Waals surface area contributed by atoms with E-state index in [2.05, 4.69) is 5.32 Å². The number of quaternary nitrogens is 1. The largest absolute Gasteiger partial charge is 0.380 e. The summed E-state index contributed by atoms with van der Waals surface area (Å²) in [5, 5.41) is 14.6. The van der Waals surface area contributed by atoms with E-state index in [1.54, 1.807) is 38.1 Å². The van der Waals surface area contributed by atoms with Crippen molar-refractivity contribution in [1.82, 2.24) is 3.29 Å². The van der Waals surface area contributed by atoms with Crippen molar-refractivity contribution < 1.29 is 21.8 Å². The number of aryl methyl sites for hydroxylation is 2. The van der Waals surface area contributed by atoms with E-state index in [0.717, 1.165) is 17.2 Å². The molecule has 9 nitrogen and oxygen atoms in total. The second-order valence-corrected chi connectivity index (χ2v) is 12.5. The van der Waals surface area contributed by atoms with Crippen LogP contribution in [0.3, 0.4) is 0 Å². The molecule has 0 saturated carbocycles. The molecule has 0 amide bonds. The van der Waals surface area contributed by atoms with E-state index in [4.69, 9.17) is 0 Å². The Labute approximate surface area is 198 Å². The van der Waals surface area contributed by atoms with Gasteiger partial charge < -0.3 is 5.32 Å². The number of sulfonamides is 2. The van der Waals surface area contributed by atoms with E-state index >= 15 is 0 Å². The predicted molar refractivity (Wildman–Crippen MR) is 130 cm³/mol. The maximum absolute atomic E-state index is 14.3. The Bertz CT molecular complexity index is 1390. The Hall–Kier alpha value is -3.28. The first kappa shape index (κ1) is 23.9. The molecule has 0 bridgehead atoms. The lowest BCUT2D eigenvalue weighted by Crippen LogP contribution is -2.58. The van der Waals surface area contributed by atoms with Crippen molar-refractivity contribution in [2.45, 2.75) is 30.1 Å². The van der Waals surface area contributed by atoms with Crippen molar-refractivity contribution >= 4 is 37.1 Å². The number of non-ortho nitro benzene ring substituents is 1. The molecule has 11 heteroatoms. The highest BCUT2D eigenvalue weighted by Crippen LogP contribution is 2.46. The number of nitrogens with zero attached hydrogens (tertiary/aromatic N) is 2. The molecule has 0 atom stereocenters. The van der Waals surface area contributed by atoms with Gasteiger partial charge in [-0.25, -0.2) is 0 Å². The van der Waals surface area contributed by atoms with E-state index < -0.39 is 34.0 Å². The van der Waals surface area contributed by atoms with E-state index in [-0.39, 0.29) is 34.1 Å². The van der Waals surface area contributed by atoms with Crippen molar-refractivity contribution in [3.8, 4) is 0 Å². The normalized spacial score (nSPS) is 15.6. The number of nitrogens with one attached hydrogen (secondary N) is 1. The molecule has 3 aromatic carbocycles. The summed E-state index contributed by atoms with van der Waals surface area (Å²) in [6.45, 7) is 3.56. The lowest BCUT2D eigenvalue weighted by Gasteiger charge is -2.34. The molecule has 1 aliphatic heterocycles. The van der Waals surface area contributed by atoms with Crippen LogP contribution in [0, 0.1) is 24.0 Å². The minimum atomic E-state index is -4.65. The molecule has 0 spiro atoms. The fourth-order valence-electron chi connectivity index (χ4n) is 4.09. The zero-order chi connectivity index (χ0) is 24.7. The number of hydrogen-bond acceptors (Lipinski definition) is 7. The van der Waals surface area contributed by atoms with Crippen molar-refractivity contribution in [2.24, 2.45) is 0 Å². The average molecular weight is 503 g/mol. The van der Waals surface area contributed by atoms with Crippen LogP contribution in [0.25, 0.3) is 0 Å². The standard InChI is InChI=1S/C23H24N3O6S2/c1-17-4-9-20(10-5-17)33(29,30)26(34(31,32)21-11-6-18(2)7-12-21)15-3-14-24-22-13-8-19(25(27)28)16-23(22)26/h4-13,16,24H,3,14-15H2,1-2H3/q+1. The monoisotopic (exact) mass is 502 g/mol. The van der Waals surface area contributed by atoms with Gasteiger partial charge in [-0.1, -0.05) is 38.7 Å². The summed E-state index contributed by atoms with van der Waals surface area (Å²) in [4.78, 5) is 10.5. The second kappa shape index (κ2) is 8.49. The zero-order valence-electron chi connectivity index (χ0n) is 18.6. The van der Waals surface area contributed by atoms with Gasteiger partial charge in [0.25, 0.3) is 5.69 Å². The van der Waals surface area contributed by atoms with Crippen LogP contribution in [0.1, 0.15) is 17.5 Å². The van der Waals surface area contributed by atoms with Gasteiger partial charge in [0.15, 0.2) is 5.69 Å². The van der Waals surface area contributed by atoms with Gasteiger partial charge in [0.2, 0.25) is 0 Å². The van der Waals surface area contributed by atoms with Crippen molar-refractivity contribution in [1.29, 1.82) is 0 Å². The number of nitro groups is 1. The molecule has 0 radical (unpaired) electrons. The summed E-state index contributed by atoms with van der Waals surface area (Å²) >= 11 is 0. The fraction of sp³-hybridized carbons (Fsp3) is 0.217. The number of rotatable bonds is 5. The molecule has 3 aromatic rings. The minimum absolute atomic E-state index is 0.187. The molecular weight excluding hydrogens is 478 g/mol. The molecule has 0 fully saturated rings. The van der Waals surface area contributed by atoms with Gasteiger partial charge in [0, 0.05) is 19.0 Å². The van der Waals surface area contributed by atoms with Crippen LogP contribution < -0.4 is 8.61 Å². The van der Waals surface area contributed by atoms with Gasteiger partial charge in [-0.15, -0.1) is 0 Å². The molecule has 0 aliphatic carbocycles. The SMILES string of the molecule is Cc1ccc(S(=O)(=O)[N+]2(S(=O)(=O)c3ccc(C)cc3)CCCNc3ccc([N+](=O)[O-])cc32)cc1. The molecule has 0 unspecified atom stereocenters. The maximum atomic E-state index is 14.3. The molecule has 4 rings (SSSR count). The highest BCUT2D eigenvalue weighted by Gasteiger charge is 2.58. The third-order valence-electron chi connectivity index (χ3n) is 5.92. The fourth-order valence-corrected chi connectivity index (χ4v) is 8.84. The van der Waals surface area contributed by atoms with Gasteiger partial charge in [0.1, 0.15) is 16.3 Å². The lowest BCUT2D eigenvalue weighted by atomic mass is 10.2. The molecule has 1 aliphatic rings. The topological polar surface area (TPSA) is 123 Å². The Balaban J connectivity index is 2.15. The summed E-state index contributed by atoms with van der Waals surface area (Å²) in [5.41, 5.74) is 1.23. The van der Waals surface area contributed by atoms with E-state index in [9.17, 15) is 26.9 Å². The second-order valence-electron chi connectivity index (χ2n) is 8.21. The van der Waals surface area contributed by atoms with Crippen LogP contribution in [0.4, 0.5) is 17.1 Å². The van der Waals surface area contributed by atoms with Crippen LogP contribution in [0.15, 0.2) is 76.5 Å². The van der Waals surface area contributed by atoms with Crippen LogP contribution in [0.2, 0.25) is 0 Å². The first-order chi connectivity index (χ1) is 16.0. The molecule has 0 aromatic heterocycles. The smallest absolute Gasteiger partial charge is 0.346 e. The third kappa shape index (κ3) is 3.65. The molecule has 178 valence electrons. The maximum Gasteiger partial charge on any atom is 0.346 e. The number of fused-ring (bicyclic) bond motifs is 1. The molecular formula is C23H24N3O6S2+. The summed E-state index contributed by atoms with van der Waals surface area (Å²) < 4.78 is 55.7. The number of nitro benzene ring substituents is 1. The Morgan fingerprint density at radius 1 is 0.824 bits per heavy atom. The van der Waals surface area contributed by atoms with Gasteiger partial charge in [0.05, 0.1) is 16.7 Å². The van der Waals surface area contributed by atoms with Crippen molar-refractivity contribution in [2.75, 3.05) is 18.4 Å². The van der Waals surface area contributed by atoms with Crippen LogP contribution >= 0.6 is 0 Å².